The van der Waals surface area contributed by atoms with E-state index in [1.54, 1.807) is 13.8 Å². The number of nitriles is 1. The van der Waals surface area contributed by atoms with Gasteiger partial charge in [0.05, 0.1) is 23.0 Å². The maximum atomic E-state index is 14.6. The SMILES string of the molecule is Cc1nc(-c2ccc(C(C)(C)C)cc2)nc(C)c1C(=O)NC(CCN)C(=O)N(C)C1C(=O)NC(C)C(=O)NC(C(=O)NCC#N)Cc2cc(OCCN)c(O)c(c2)-c2cc1ccc2O. The molecule has 5 amide bonds. The highest BCUT2D eigenvalue weighted by molar-refractivity contribution is 6.00. The molecule has 0 radical (unpaired) electrons. The van der Waals surface area contributed by atoms with E-state index < -0.39 is 59.5 Å². The Morgan fingerprint density at radius 2 is 1.64 bits per heavy atom. The fourth-order valence-corrected chi connectivity index (χ4v) is 7.43. The number of nitrogens with one attached hydrogen (secondary N) is 4. The molecule has 0 fully saturated rings. The van der Waals surface area contributed by atoms with Gasteiger partial charge < -0.3 is 52.6 Å². The zero-order valence-electron chi connectivity index (χ0n) is 37.0. The quantitative estimate of drug-likeness (QED) is 0.0950. The number of fused-ring (bicyclic) bond motifs is 5. The summed E-state index contributed by atoms with van der Waals surface area (Å²) in [6.07, 6.45) is -0.202. The van der Waals surface area contributed by atoms with Gasteiger partial charge in [0, 0.05) is 36.7 Å². The Kier molecular flexibility index (Phi) is 15.3. The minimum absolute atomic E-state index is 0.0117. The highest BCUT2D eigenvalue weighted by Crippen LogP contribution is 2.43. The minimum atomic E-state index is -1.51. The summed E-state index contributed by atoms with van der Waals surface area (Å²) in [6, 6.07) is 11.4. The largest absolute Gasteiger partial charge is 0.507 e. The monoisotopic (exact) mass is 876 g/mol. The molecule has 1 aromatic heterocycles. The number of carbonyl (C=O) groups is 5. The van der Waals surface area contributed by atoms with Gasteiger partial charge in [-0.15, -0.1) is 0 Å². The maximum Gasteiger partial charge on any atom is 0.255 e. The van der Waals surface area contributed by atoms with Gasteiger partial charge in [-0.25, -0.2) is 9.97 Å². The first-order chi connectivity index (χ1) is 30.3. The number of nitrogens with two attached hydrogens (primary N) is 2. The van der Waals surface area contributed by atoms with E-state index >= 15 is 0 Å². The third-order valence-corrected chi connectivity index (χ3v) is 10.9. The molecular formula is C46H56N10O8. The molecule has 4 atom stereocenters. The van der Waals surface area contributed by atoms with E-state index in [4.69, 9.17) is 21.5 Å². The lowest BCUT2D eigenvalue weighted by Crippen LogP contribution is -2.56. The van der Waals surface area contributed by atoms with Gasteiger partial charge in [-0.2, -0.15) is 5.26 Å². The predicted octanol–water partition coefficient (Wildman–Crippen LogP) is 2.31. The van der Waals surface area contributed by atoms with Crippen LogP contribution in [0.5, 0.6) is 17.2 Å². The lowest BCUT2D eigenvalue weighted by Gasteiger charge is -2.32. The number of likely N-dealkylation sites (N-methyl/N-ethyl adjacent to an activating group) is 1. The first-order valence-electron chi connectivity index (χ1n) is 20.8. The van der Waals surface area contributed by atoms with Gasteiger partial charge in [0.2, 0.25) is 23.6 Å². The van der Waals surface area contributed by atoms with Crippen molar-refractivity contribution in [2.24, 2.45) is 11.5 Å². The molecular weight excluding hydrogens is 821 g/mol. The standard InChI is InChI=1S/C46H56N10O8/c1-24-37(25(2)52-40(51-24)28-8-11-30(12-9-28)46(4,5)6)43(61)54-33(14-15-47)45(63)56(7)38-29-10-13-35(57)31(23-29)32-20-27(22-36(39(32)58)64-19-17-49)21-34(42(60)50-18-16-48)55-41(59)26(3)53-44(38)62/h8-13,20,22-23,26,33-34,38,57-58H,14-15,17-19,21,47,49H2,1-7H3,(H,50,60)(H,53,62)(H,54,61)(H,55,59). The average Bonchev–Trinajstić information content (AvgIpc) is 3.24. The molecule has 0 saturated heterocycles. The Morgan fingerprint density at radius 3 is 2.25 bits per heavy atom. The predicted molar refractivity (Wildman–Crippen MR) is 238 cm³/mol. The average molecular weight is 877 g/mol. The molecule has 338 valence electrons. The van der Waals surface area contributed by atoms with E-state index in [1.807, 2.05) is 30.3 Å². The Hall–Kier alpha value is -7.10. The van der Waals surface area contributed by atoms with Crippen LogP contribution in [0.4, 0.5) is 0 Å². The van der Waals surface area contributed by atoms with Crippen LogP contribution >= 0.6 is 0 Å². The molecule has 4 aromatic rings. The van der Waals surface area contributed by atoms with Crippen LogP contribution in [0.15, 0.2) is 54.6 Å². The minimum Gasteiger partial charge on any atom is -0.507 e. The van der Waals surface area contributed by atoms with Crippen LogP contribution in [-0.4, -0.2) is 106 Å². The number of rotatable bonds is 12. The zero-order valence-corrected chi connectivity index (χ0v) is 37.0. The number of amides is 5. The molecule has 4 bridgehead atoms. The molecule has 0 aliphatic carbocycles. The molecule has 64 heavy (non-hydrogen) atoms. The van der Waals surface area contributed by atoms with E-state index in [0.717, 1.165) is 16.0 Å². The van der Waals surface area contributed by atoms with E-state index in [2.05, 4.69) is 52.0 Å². The molecule has 3 aromatic carbocycles. The highest BCUT2D eigenvalue weighted by atomic mass is 16.5. The summed E-state index contributed by atoms with van der Waals surface area (Å²) in [5.74, 6) is -4.04. The van der Waals surface area contributed by atoms with E-state index in [0.29, 0.717) is 22.8 Å². The lowest BCUT2D eigenvalue weighted by atomic mass is 9.86. The molecule has 1 aliphatic rings. The van der Waals surface area contributed by atoms with Gasteiger partial charge in [0.1, 0.15) is 43.1 Å². The van der Waals surface area contributed by atoms with E-state index in [-0.39, 0.29) is 78.3 Å². The summed E-state index contributed by atoms with van der Waals surface area (Å²) in [4.78, 5) is 80.3. The van der Waals surface area contributed by atoms with Gasteiger partial charge in [-0.05, 0) is 80.1 Å². The molecule has 0 spiro atoms. The summed E-state index contributed by atoms with van der Waals surface area (Å²) in [5, 5.41) is 42.3. The van der Waals surface area contributed by atoms with Gasteiger partial charge >= 0.3 is 0 Å². The van der Waals surface area contributed by atoms with Crippen LogP contribution < -0.4 is 37.5 Å². The van der Waals surface area contributed by atoms with Crippen LogP contribution in [0, 0.1) is 25.2 Å². The Labute approximate surface area is 371 Å². The number of hydrogen-bond donors (Lipinski definition) is 8. The van der Waals surface area contributed by atoms with Crippen molar-refractivity contribution < 1.29 is 38.9 Å². The topological polar surface area (TPSA) is 288 Å². The van der Waals surface area contributed by atoms with Crippen LogP contribution in [-0.2, 0) is 31.0 Å². The van der Waals surface area contributed by atoms with Crippen LogP contribution in [0.25, 0.3) is 22.5 Å². The lowest BCUT2D eigenvalue weighted by molar-refractivity contribution is -0.141. The van der Waals surface area contributed by atoms with Crippen LogP contribution in [0.1, 0.15) is 78.6 Å². The molecule has 10 N–H and O–H groups in total. The second-order valence-electron chi connectivity index (χ2n) is 16.7. The van der Waals surface area contributed by atoms with E-state index in [9.17, 15) is 34.2 Å². The van der Waals surface area contributed by atoms with Crippen molar-refractivity contribution in [2.75, 3.05) is 33.3 Å². The van der Waals surface area contributed by atoms with Gasteiger partial charge in [-0.3, -0.25) is 24.0 Å². The number of phenolic OH excluding ortho intramolecular Hbond substituents is 2. The maximum absolute atomic E-state index is 14.6. The first-order valence-corrected chi connectivity index (χ1v) is 20.8. The van der Waals surface area contributed by atoms with Crippen LogP contribution in [0.2, 0.25) is 0 Å². The van der Waals surface area contributed by atoms with Crippen molar-refractivity contribution in [1.82, 2.24) is 36.1 Å². The molecule has 0 saturated carbocycles. The first kappa shape index (κ1) is 47.9. The van der Waals surface area contributed by atoms with Gasteiger partial charge in [0.25, 0.3) is 5.91 Å². The molecule has 2 heterocycles. The number of hydrogen-bond acceptors (Lipinski definition) is 13. The second-order valence-corrected chi connectivity index (χ2v) is 16.7. The van der Waals surface area contributed by atoms with Crippen molar-refractivity contribution in [3.63, 3.8) is 0 Å². The summed E-state index contributed by atoms with van der Waals surface area (Å²) in [7, 11) is 1.34. The Balaban J connectivity index is 1.54. The number of benzene rings is 3. The number of phenols is 2. The van der Waals surface area contributed by atoms with Gasteiger partial charge in [0.15, 0.2) is 17.3 Å². The molecule has 18 heteroatoms. The fourth-order valence-electron chi connectivity index (χ4n) is 7.43. The smallest absolute Gasteiger partial charge is 0.255 e. The zero-order chi connectivity index (χ0) is 47.0. The molecule has 18 nitrogen and oxygen atoms in total. The van der Waals surface area contributed by atoms with E-state index in [1.165, 1.54) is 44.3 Å². The third kappa shape index (κ3) is 10.9. The molecule has 5 rings (SSSR count). The number of carbonyl (C=O) groups excluding carboxylic acids is 5. The summed E-state index contributed by atoms with van der Waals surface area (Å²) >= 11 is 0. The summed E-state index contributed by atoms with van der Waals surface area (Å²) in [6.45, 7) is 10.8. The number of aromatic hydroxyl groups is 2. The Morgan fingerprint density at radius 1 is 0.969 bits per heavy atom. The van der Waals surface area contributed by atoms with Crippen molar-refractivity contribution in [2.45, 2.75) is 84.0 Å². The van der Waals surface area contributed by atoms with Crippen molar-refractivity contribution in [3.05, 3.63) is 88.2 Å². The normalized spacial score (nSPS) is 16.8. The second kappa shape index (κ2) is 20.4. The fraction of sp³-hybridized carbons (Fsp3) is 0.391. The summed E-state index contributed by atoms with van der Waals surface area (Å²) < 4.78 is 5.74. The number of aromatic nitrogens is 2. The molecule has 4 unspecified atom stereocenters. The number of ether oxygens (including phenoxy) is 1. The van der Waals surface area contributed by atoms with Gasteiger partial charge in [-0.1, -0.05) is 51.1 Å². The highest BCUT2D eigenvalue weighted by Gasteiger charge is 2.36. The van der Waals surface area contributed by atoms with Crippen LogP contribution in [0.3, 0.4) is 0 Å². The third-order valence-electron chi connectivity index (χ3n) is 10.9. The number of nitrogens with zero attached hydrogens (tertiary/aromatic N) is 4. The Bertz CT molecular complexity index is 2440. The number of aryl methyl sites for hydroxylation is 2. The van der Waals surface area contributed by atoms with Crippen molar-refractivity contribution >= 4 is 29.5 Å². The molecule has 1 aliphatic heterocycles. The summed E-state index contributed by atoms with van der Waals surface area (Å²) in [5.41, 5.74) is 15.0. The van der Waals surface area contributed by atoms with Crippen molar-refractivity contribution in [3.8, 4) is 45.8 Å². The van der Waals surface area contributed by atoms with Crippen molar-refractivity contribution in [1.29, 1.82) is 5.26 Å².